The molecule has 134 valence electrons. The van der Waals surface area contributed by atoms with Gasteiger partial charge < -0.3 is 10.1 Å². The van der Waals surface area contributed by atoms with Crippen molar-refractivity contribution < 1.29 is 22.8 Å². The Morgan fingerprint density at radius 1 is 1.33 bits per heavy atom. The summed E-state index contributed by atoms with van der Waals surface area (Å²) in [5.74, 6) is 0. The van der Waals surface area contributed by atoms with Gasteiger partial charge in [-0.15, -0.1) is 0 Å². The number of benzene rings is 1. The van der Waals surface area contributed by atoms with Gasteiger partial charge in [0.15, 0.2) is 0 Å². The van der Waals surface area contributed by atoms with Crippen LogP contribution in [-0.2, 0) is 10.9 Å². The summed E-state index contributed by atoms with van der Waals surface area (Å²) in [6, 6.07) is 2.50. The van der Waals surface area contributed by atoms with Crippen LogP contribution in [0.5, 0.6) is 0 Å². The molecular formula is C15H20F3N3O3. The number of nitro groups is 1. The Balaban J connectivity index is 2.00. The van der Waals surface area contributed by atoms with E-state index >= 15 is 0 Å². The summed E-state index contributed by atoms with van der Waals surface area (Å²) in [6.45, 7) is 6.46. The third-order valence-electron chi connectivity index (χ3n) is 3.76. The molecule has 0 aliphatic carbocycles. The minimum atomic E-state index is -4.61. The minimum absolute atomic E-state index is 0.0855. The van der Waals surface area contributed by atoms with Crippen LogP contribution in [0, 0.1) is 10.1 Å². The number of rotatable bonds is 5. The van der Waals surface area contributed by atoms with Crippen LogP contribution in [0.15, 0.2) is 18.2 Å². The van der Waals surface area contributed by atoms with Crippen molar-refractivity contribution in [3.63, 3.8) is 0 Å². The lowest BCUT2D eigenvalue weighted by atomic mass is 10.1. The number of morpholine rings is 1. The highest BCUT2D eigenvalue weighted by atomic mass is 19.4. The second-order valence-corrected chi connectivity index (χ2v) is 5.93. The Bertz CT molecular complexity index is 585. The Kier molecular flexibility index (Phi) is 5.66. The highest BCUT2D eigenvalue weighted by Gasteiger charge is 2.33. The summed E-state index contributed by atoms with van der Waals surface area (Å²) in [6.07, 6.45) is -4.40. The molecule has 0 aromatic heterocycles. The largest absolute Gasteiger partial charge is 0.416 e. The Labute approximate surface area is 137 Å². The van der Waals surface area contributed by atoms with Gasteiger partial charge in [-0.2, -0.15) is 13.2 Å². The second-order valence-electron chi connectivity index (χ2n) is 5.93. The van der Waals surface area contributed by atoms with E-state index in [1.807, 2.05) is 13.8 Å². The number of halogens is 3. The van der Waals surface area contributed by atoms with E-state index in [-0.39, 0.29) is 17.9 Å². The molecule has 0 saturated carbocycles. The lowest BCUT2D eigenvalue weighted by Gasteiger charge is -2.35. The van der Waals surface area contributed by atoms with Gasteiger partial charge in [-0.25, -0.2) is 0 Å². The van der Waals surface area contributed by atoms with Crippen LogP contribution >= 0.6 is 0 Å². The van der Waals surface area contributed by atoms with Crippen molar-refractivity contribution in [2.45, 2.75) is 32.2 Å². The monoisotopic (exact) mass is 347 g/mol. The smallest absolute Gasteiger partial charge is 0.378 e. The minimum Gasteiger partial charge on any atom is -0.378 e. The molecule has 6 nitrogen and oxygen atoms in total. The average molecular weight is 347 g/mol. The molecule has 0 bridgehead atoms. The molecule has 1 heterocycles. The van der Waals surface area contributed by atoms with Gasteiger partial charge in [0, 0.05) is 32.2 Å². The molecule has 1 aromatic rings. The van der Waals surface area contributed by atoms with Crippen molar-refractivity contribution in [2.75, 3.05) is 31.5 Å². The summed E-state index contributed by atoms with van der Waals surface area (Å²) in [5.41, 5.74) is -1.52. The first kappa shape index (κ1) is 18.5. The van der Waals surface area contributed by atoms with Gasteiger partial charge in [-0.1, -0.05) is 0 Å². The number of hydrogen-bond acceptors (Lipinski definition) is 5. The maximum Gasteiger partial charge on any atom is 0.416 e. The quantitative estimate of drug-likeness (QED) is 0.655. The molecule has 0 amide bonds. The van der Waals surface area contributed by atoms with Crippen molar-refractivity contribution in [3.8, 4) is 0 Å². The predicted molar refractivity (Wildman–Crippen MR) is 83.0 cm³/mol. The summed E-state index contributed by atoms with van der Waals surface area (Å²) in [7, 11) is 0. The Morgan fingerprint density at radius 3 is 2.50 bits per heavy atom. The molecule has 9 heteroatoms. The highest BCUT2D eigenvalue weighted by Crippen LogP contribution is 2.34. The van der Waals surface area contributed by atoms with Crippen LogP contribution in [0.25, 0.3) is 0 Å². The lowest BCUT2D eigenvalue weighted by Crippen LogP contribution is -2.46. The molecule has 2 rings (SSSR count). The normalized spacial score (nSPS) is 22.4. The van der Waals surface area contributed by atoms with E-state index in [1.165, 1.54) is 0 Å². The molecule has 1 aliphatic heterocycles. The number of hydrogen-bond donors (Lipinski definition) is 1. The van der Waals surface area contributed by atoms with Crippen LogP contribution in [0.1, 0.15) is 19.4 Å². The first-order valence-corrected chi connectivity index (χ1v) is 7.64. The maximum absolute atomic E-state index is 12.7. The topological polar surface area (TPSA) is 67.6 Å². The van der Waals surface area contributed by atoms with Crippen molar-refractivity contribution in [2.24, 2.45) is 0 Å². The molecule has 1 fully saturated rings. The number of anilines is 1. The first-order valence-electron chi connectivity index (χ1n) is 7.64. The molecule has 0 spiro atoms. The fraction of sp³-hybridized carbons (Fsp3) is 0.600. The number of alkyl halides is 3. The molecular weight excluding hydrogens is 327 g/mol. The predicted octanol–water partition coefficient (Wildman–Crippen LogP) is 3.13. The maximum atomic E-state index is 12.7. The fourth-order valence-corrected chi connectivity index (χ4v) is 2.82. The molecule has 1 saturated heterocycles. The second kappa shape index (κ2) is 7.35. The van der Waals surface area contributed by atoms with E-state index in [9.17, 15) is 23.3 Å². The van der Waals surface area contributed by atoms with E-state index < -0.39 is 22.4 Å². The van der Waals surface area contributed by atoms with Gasteiger partial charge in [0.25, 0.3) is 5.69 Å². The SMILES string of the molecule is C[C@@H]1CN(CCNc2ccc(C(F)(F)F)cc2[N+](=O)[O-])C[C@H](C)O1. The summed E-state index contributed by atoms with van der Waals surface area (Å²) >= 11 is 0. The zero-order valence-electron chi connectivity index (χ0n) is 13.5. The van der Waals surface area contributed by atoms with E-state index in [0.717, 1.165) is 25.2 Å². The van der Waals surface area contributed by atoms with Crippen molar-refractivity contribution in [1.29, 1.82) is 0 Å². The van der Waals surface area contributed by atoms with Gasteiger partial charge in [0.1, 0.15) is 5.69 Å². The molecule has 2 atom stereocenters. The fourth-order valence-electron chi connectivity index (χ4n) is 2.82. The summed E-state index contributed by atoms with van der Waals surface area (Å²) < 4.78 is 43.6. The van der Waals surface area contributed by atoms with Gasteiger partial charge in [0.2, 0.25) is 0 Å². The van der Waals surface area contributed by atoms with Gasteiger partial charge >= 0.3 is 6.18 Å². The van der Waals surface area contributed by atoms with E-state index in [2.05, 4.69) is 10.2 Å². The van der Waals surface area contributed by atoms with Crippen LogP contribution < -0.4 is 5.32 Å². The van der Waals surface area contributed by atoms with Gasteiger partial charge in [0.05, 0.1) is 22.7 Å². The number of nitro benzene ring substituents is 1. The van der Waals surface area contributed by atoms with Crippen molar-refractivity contribution >= 4 is 11.4 Å². The van der Waals surface area contributed by atoms with Crippen molar-refractivity contribution in [3.05, 3.63) is 33.9 Å². The van der Waals surface area contributed by atoms with Crippen LogP contribution in [-0.4, -0.2) is 48.2 Å². The molecule has 0 unspecified atom stereocenters. The first-order chi connectivity index (χ1) is 11.2. The van der Waals surface area contributed by atoms with E-state index in [0.29, 0.717) is 19.2 Å². The number of ether oxygens (including phenoxy) is 1. The zero-order chi connectivity index (χ0) is 17.9. The van der Waals surface area contributed by atoms with Gasteiger partial charge in [-0.05, 0) is 26.0 Å². The van der Waals surface area contributed by atoms with Crippen LogP contribution in [0.2, 0.25) is 0 Å². The van der Waals surface area contributed by atoms with Crippen molar-refractivity contribution in [1.82, 2.24) is 4.90 Å². The Morgan fingerprint density at radius 2 is 1.96 bits per heavy atom. The molecule has 1 aromatic carbocycles. The third kappa shape index (κ3) is 4.81. The molecule has 1 aliphatic rings. The summed E-state index contributed by atoms with van der Waals surface area (Å²) in [5, 5.41) is 13.9. The molecule has 24 heavy (non-hydrogen) atoms. The Hall–Kier alpha value is -1.87. The standard InChI is InChI=1S/C15H20F3N3O3/c1-10-8-20(9-11(2)24-10)6-5-19-13-4-3-12(15(16,17)18)7-14(13)21(22)23/h3-4,7,10-11,19H,5-6,8-9H2,1-2H3/t10-,11+. The zero-order valence-corrected chi connectivity index (χ0v) is 13.5. The lowest BCUT2D eigenvalue weighted by molar-refractivity contribution is -0.384. The van der Waals surface area contributed by atoms with E-state index in [4.69, 9.17) is 4.74 Å². The molecule has 0 radical (unpaired) electrons. The third-order valence-corrected chi connectivity index (χ3v) is 3.76. The van der Waals surface area contributed by atoms with Gasteiger partial charge in [-0.3, -0.25) is 15.0 Å². The highest BCUT2D eigenvalue weighted by molar-refractivity contribution is 5.62. The van der Waals surface area contributed by atoms with Crippen LogP contribution in [0.3, 0.4) is 0 Å². The van der Waals surface area contributed by atoms with E-state index in [1.54, 1.807) is 0 Å². The average Bonchev–Trinajstić information content (AvgIpc) is 2.45. The molecule has 1 N–H and O–H groups in total. The number of nitrogens with one attached hydrogen (secondary N) is 1. The number of nitrogens with zero attached hydrogens (tertiary/aromatic N) is 2. The van der Waals surface area contributed by atoms with Crippen LogP contribution in [0.4, 0.5) is 24.5 Å². The summed E-state index contributed by atoms with van der Waals surface area (Å²) in [4.78, 5) is 12.4.